The first kappa shape index (κ1) is 22.0. The van der Waals surface area contributed by atoms with Gasteiger partial charge in [0.15, 0.2) is 0 Å². The minimum absolute atomic E-state index is 0.0162. The Hall–Kier alpha value is -2.66. The molecule has 0 aromatic heterocycles. The van der Waals surface area contributed by atoms with Gasteiger partial charge in [-0.25, -0.2) is 0 Å². The summed E-state index contributed by atoms with van der Waals surface area (Å²) in [5.74, 6) is 0.207. The molecule has 0 bridgehead atoms. The van der Waals surface area contributed by atoms with Gasteiger partial charge in [0.25, 0.3) is 5.91 Å². The summed E-state index contributed by atoms with van der Waals surface area (Å²) in [5, 5.41) is 3.06. The van der Waals surface area contributed by atoms with E-state index >= 15 is 0 Å². The number of benzene rings is 2. The predicted molar refractivity (Wildman–Crippen MR) is 121 cm³/mol. The fourth-order valence-electron chi connectivity index (χ4n) is 3.94. The molecule has 0 atom stereocenters. The van der Waals surface area contributed by atoms with E-state index in [0.29, 0.717) is 25.2 Å². The average Bonchev–Trinajstić information content (AvgIpc) is 3.29. The SMILES string of the molecule is CC(C)(CN)CN(Cc1cccc(NC(=O)C2CCCC2)c1)C(=O)c1ccccc1. The third kappa shape index (κ3) is 5.92. The normalized spacial score (nSPS) is 14.5. The molecule has 2 aromatic carbocycles. The topological polar surface area (TPSA) is 75.4 Å². The van der Waals surface area contributed by atoms with Crippen molar-refractivity contribution < 1.29 is 9.59 Å². The van der Waals surface area contributed by atoms with E-state index in [9.17, 15) is 9.59 Å². The van der Waals surface area contributed by atoms with Gasteiger partial charge in [-0.1, -0.05) is 57.0 Å². The number of nitrogens with one attached hydrogen (secondary N) is 1. The van der Waals surface area contributed by atoms with Crippen LogP contribution in [-0.2, 0) is 11.3 Å². The van der Waals surface area contributed by atoms with Gasteiger partial charge >= 0.3 is 0 Å². The number of hydrogen-bond donors (Lipinski definition) is 2. The van der Waals surface area contributed by atoms with E-state index in [1.165, 1.54) is 0 Å². The monoisotopic (exact) mass is 407 g/mol. The lowest BCUT2D eigenvalue weighted by atomic mass is 9.92. The summed E-state index contributed by atoms with van der Waals surface area (Å²) in [5.41, 5.74) is 8.18. The molecule has 3 N–H and O–H groups in total. The zero-order chi connectivity index (χ0) is 21.6. The van der Waals surface area contributed by atoms with Crippen molar-refractivity contribution in [3.63, 3.8) is 0 Å². The highest BCUT2D eigenvalue weighted by atomic mass is 16.2. The van der Waals surface area contributed by atoms with E-state index in [1.807, 2.05) is 59.5 Å². The summed E-state index contributed by atoms with van der Waals surface area (Å²) in [6.07, 6.45) is 4.20. The molecule has 5 nitrogen and oxygen atoms in total. The third-order valence-corrected chi connectivity index (χ3v) is 5.77. The second-order valence-corrected chi connectivity index (χ2v) is 9.07. The van der Waals surface area contributed by atoms with Crippen LogP contribution >= 0.6 is 0 Å². The summed E-state index contributed by atoms with van der Waals surface area (Å²) in [7, 11) is 0. The molecule has 0 unspecified atom stereocenters. The van der Waals surface area contributed by atoms with Gasteiger partial charge in [-0.2, -0.15) is 0 Å². The van der Waals surface area contributed by atoms with E-state index in [-0.39, 0.29) is 23.1 Å². The highest BCUT2D eigenvalue weighted by Crippen LogP contribution is 2.26. The average molecular weight is 408 g/mol. The van der Waals surface area contributed by atoms with Gasteiger partial charge in [0.2, 0.25) is 5.91 Å². The first-order valence-electron chi connectivity index (χ1n) is 10.8. The quantitative estimate of drug-likeness (QED) is 0.679. The first-order chi connectivity index (χ1) is 14.4. The number of amides is 2. The van der Waals surface area contributed by atoms with Crippen molar-refractivity contribution >= 4 is 17.5 Å². The highest BCUT2D eigenvalue weighted by molar-refractivity contribution is 5.94. The molecule has 160 valence electrons. The molecule has 1 aliphatic carbocycles. The number of hydrogen-bond acceptors (Lipinski definition) is 3. The molecule has 5 heteroatoms. The number of carbonyl (C=O) groups is 2. The third-order valence-electron chi connectivity index (χ3n) is 5.77. The van der Waals surface area contributed by atoms with Crippen LogP contribution in [0.2, 0.25) is 0 Å². The Morgan fingerprint density at radius 3 is 2.43 bits per heavy atom. The van der Waals surface area contributed by atoms with E-state index in [0.717, 1.165) is 36.9 Å². The van der Waals surface area contributed by atoms with Crippen LogP contribution in [0.15, 0.2) is 54.6 Å². The second-order valence-electron chi connectivity index (χ2n) is 9.07. The van der Waals surface area contributed by atoms with Gasteiger partial charge in [-0.3, -0.25) is 9.59 Å². The Labute approximate surface area is 179 Å². The molecule has 1 aliphatic rings. The fraction of sp³-hybridized carbons (Fsp3) is 0.440. The molecular formula is C25H33N3O2. The summed E-state index contributed by atoms with van der Waals surface area (Å²) < 4.78 is 0. The lowest BCUT2D eigenvalue weighted by molar-refractivity contribution is -0.119. The van der Waals surface area contributed by atoms with Crippen molar-refractivity contribution in [3.8, 4) is 0 Å². The van der Waals surface area contributed by atoms with Crippen LogP contribution in [0.3, 0.4) is 0 Å². The van der Waals surface area contributed by atoms with Gasteiger partial charge in [0, 0.05) is 30.3 Å². The summed E-state index contributed by atoms with van der Waals surface area (Å²) in [6, 6.07) is 17.1. The fourth-order valence-corrected chi connectivity index (χ4v) is 3.94. The van der Waals surface area contributed by atoms with Crippen LogP contribution in [-0.4, -0.2) is 29.8 Å². The maximum absolute atomic E-state index is 13.2. The first-order valence-corrected chi connectivity index (χ1v) is 10.8. The summed E-state index contributed by atoms with van der Waals surface area (Å²) in [4.78, 5) is 27.5. The lowest BCUT2D eigenvalue weighted by Crippen LogP contribution is -2.41. The largest absolute Gasteiger partial charge is 0.334 e. The van der Waals surface area contributed by atoms with Crippen LogP contribution in [0, 0.1) is 11.3 Å². The second kappa shape index (κ2) is 9.90. The zero-order valence-electron chi connectivity index (χ0n) is 18.1. The number of carbonyl (C=O) groups excluding carboxylic acids is 2. The van der Waals surface area contributed by atoms with Gasteiger partial charge in [-0.05, 0) is 54.6 Å². The van der Waals surface area contributed by atoms with E-state index in [4.69, 9.17) is 5.73 Å². The summed E-state index contributed by atoms with van der Waals surface area (Å²) in [6.45, 7) is 5.64. The molecule has 1 fully saturated rings. The minimum atomic E-state index is -0.196. The van der Waals surface area contributed by atoms with Crippen molar-refractivity contribution in [2.45, 2.75) is 46.1 Å². The van der Waals surface area contributed by atoms with Crippen LogP contribution in [0.5, 0.6) is 0 Å². The number of anilines is 1. The molecule has 3 rings (SSSR count). The molecule has 0 spiro atoms. The van der Waals surface area contributed by atoms with Gasteiger partial charge in [-0.15, -0.1) is 0 Å². The Balaban J connectivity index is 1.76. The van der Waals surface area contributed by atoms with Gasteiger partial charge in [0.05, 0.1) is 0 Å². The van der Waals surface area contributed by atoms with Crippen molar-refractivity contribution in [1.82, 2.24) is 4.90 Å². The zero-order valence-corrected chi connectivity index (χ0v) is 18.1. The van der Waals surface area contributed by atoms with E-state index < -0.39 is 0 Å². The standard InChI is InChI=1S/C25H33N3O2/c1-25(2,17-26)18-28(24(30)21-12-4-3-5-13-21)16-19-9-8-14-22(15-19)27-23(29)20-10-6-7-11-20/h3-5,8-9,12-15,20H,6-7,10-11,16-18,26H2,1-2H3,(H,27,29). The molecule has 0 aliphatic heterocycles. The molecule has 30 heavy (non-hydrogen) atoms. The number of nitrogens with zero attached hydrogens (tertiary/aromatic N) is 1. The lowest BCUT2D eigenvalue weighted by Gasteiger charge is -2.32. The van der Waals surface area contributed by atoms with Crippen molar-refractivity contribution in [2.24, 2.45) is 17.1 Å². The van der Waals surface area contributed by atoms with Gasteiger partial charge < -0.3 is 16.0 Å². The molecule has 2 amide bonds. The Morgan fingerprint density at radius 2 is 1.77 bits per heavy atom. The van der Waals surface area contributed by atoms with Crippen molar-refractivity contribution in [1.29, 1.82) is 0 Å². The van der Waals surface area contributed by atoms with Crippen molar-refractivity contribution in [2.75, 3.05) is 18.4 Å². The van der Waals surface area contributed by atoms with E-state index in [1.54, 1.807) is 0 Å². The van der Waals surface area contributed by atoms with Crippen LogP contribution in [0.1, 0.15) is 55.5 Å². The molecule has 0 heterocycles. The predicted octanol–water partition coefficient (Wildman–Crippen LogP) is 4.44. The smallest absolute Gasteiger partial charge is 0.254 e. The maximum Gasteiger partial charge on any atom is 0.254 e. The Bertz CT molecular complexity index is 858. The molecule has 0 saturated heterocycles. The summed E-state index contributed by atoms with van der Waals surface area (Å²) >= 11 is 0. The molecule has 1 saturated carbocycles. The van der Waals surface area contributed by atoms with Crippen LogP contribution < -0.4 is 11.1 Å². The number of nitrogens with two attached hydrogens (primary N) is 1. The maximum atomic E-state index is 13.2. The Morgan fingerprint density at radius 1 is 1.07 bits per heavy atom. The molecular weight excluding hydrogens is 374 g/mol. The molecule has 2 aromatic rings. The van der Waals surface area contributed by atoms with Crippen LogP contribution in [0.4, 0.5) is 5.69 Å². The highest BCUT2D eigenvalue weighted by Gasteiger charge is 2.25. The van der Waals surface area contributed by atoms with Gasteiger partial charge in [0.1, 0.15) is 0 Å². The minimum Gasteiger partial charge on any atom is -0.334 e. The van der Waals surface area contributed by atoms with E-state index in [2.05, 4.69) is 19.2 Å². The van der Waals surface area contributed by atoms with Crippen molar-refractivity contribution in [3.05, 3.63) is 65.7 Å². The Kier molecular flexibility index (Phi) is 7.27. The molecule has 0 radical (unpaired) electrons. The number of rotatable bonds is 8. The van der Waals surface area contributed by atoms with Crippen LogP contribution in [0.25, 0.3) is 0 Å².